The van der Waals surface area contributed by atoms with Crippen LogP contribution in [0.3, 0.4) is 0 Å². The summed E-state index contributed by atoms with van der Waals surface area (Å²) < 4.78 is 31.4. The SMILES string of the molecule is COC(=O)C(C)OC(CCCNC(=O)OC(C)(C)C)(NC(=O)OC(C)(C)C)OC(C)C(=O)OC. The molecule has 0 rings (SSSR count). The van der Waals surface area contributed by atoms with E-state index in [1.54, 1.807) is 41.5 Å². The van der Waals surface area contributed by atoms with Crippen LogP contribution in [0, 0.1) is 0 Å². The Morgan fingerprint density at radius 1 is 0.735 bits per heavy atom. The van der Waals surface area contributed by atoms with Gasteiger partial charge in [-0.3, -0.25) is 5.32 Å². The van der Waals surface area contributed by atoms with Crippen LogP contribution in [0.4, 0.5) is 9.59 Å². The number of alkyl carbamates (subject to hydrolysis) is 2. The zero-order valence-corrected chi connectivity index (χ0v) is 21.9. The summed E-state index contributed by atoms with van der Waals surface area (Å²) in [6.45, 7) is 13.1. The lowest BCUT2D eigenvalue weighted by Crippen LogP contribution is -2.58. The van der Waals surface area contributed by atoms with Crippen LogP contribution in [-0.2, 0) is 38.0 Å². The second-order valence-electron chi connectivity index (χ2n) is 9.48. The third-order valence-electron chi connectivity index (χ3n) is 3.84. The van der Waals surface area contributed by atoms with Crippen LogP contribution < -0.4 is 10.6 Å². The third kappa shape index (κ3) is 13.2. The second-order valence-corrected chi connectivity index (χ2v) is 9.48. The zero-order valence-electron chi connectivity index (χ0n) is 21.9. The number of ether oxygens (including phenoxy) is 6. The van der Waals surface area contributed by atoms with Gasteiger partial charge in [0.25, 0.3) is 5.91 Å². The summed E-state index contributed by atoms with van der Waals surface area (Å²) >= 11 is 0. The molecule has 0 aromatic heterocycles. The van der Waals surface area contributed by atoms with E-state index < -0.39 is 53.4 Å². The number of carbonyl (C=O) groups is 4. The fourth-order valence-corrected chi connectivity index (χ4v) is 2.55. The first-order chi connectivity index (χ1) is 15.4. The molecule has 0 fully saturated rings. The molecule has 0 aliphatic rings. The largest absolute Gasteiger partial charge is 0.467 e. The van der Waals surface area contributed by atoms with Crippen LogP contribution in [0.15, 0.2) is 0 Å². The van der Waals surface area contributed by atoms with Gasteiger partial charge in [-0.1, -0.05) is 0 Å². The van der Waals surface area contributed by atoms with Gasteiger partial charge in [0, 0.05) is 13.0 Å². The predicted octanol–water partition coefficient (Wildman–Crippen LogP) is 2.63. The second kappa shape index (κ2) is 13.3. The summed E-state index contributed by atoms with van der Waals surface area (Å²) in [6, 6.07) is 0. The summed E-state index contributed by atoms with van der Waals surface area (Å²) in [6.07, 6.45) is -3.83. The molecule has 0 aliphatic carbocycles. The zero-order chi connectivity index (χ0) is 26.7. The van der Waals surface area contributed by atoms with Crippen molar-refractivity contribution in [1.82, 2.24) is 10.6 Å². The molecule has 34 heavy (non-hydrogen) atoms. The van der Waals surface area contributed by atoms with Gasteiger partial charge in [-0.15, -0.1) is 0 Å². The van der Waals surface area contributed by atoms with E-state index in [1.165, 1.54) is 28.1 Å². The van der Waals surface area contributed by atoms with Gasteiger partial charge in [0.05, 0.1) is 14.2 Å². The van der Waals surface area contributed by atoms with Gasteiger partial charge in [0.2, 0.25) is 0 Å². The predicted molar refractivity (Wildman–Crippen MR) is 121 cm³/mol. The molecule has 0 aromatic rings. The lowest BCUT2D eigenvalue weighted by Gasteiger charge is -2.37. The molecular weight excluding hydrogens is 452 g/mol. The summed E-state index contributed by atoms with van der Waals surface area (Å²) in [5.41, 5.74) is -1.53. The van der Waals surface area contributed by atoms with Gasteiger partial charge in [0.1, 0.15) is 11.2 Å². The van der Waals surface area contributed by atoms with Crippen LogP contribution in [-0.4, -0.2) is 74.2 Å². The molecule has 0 aliphatic heterocycles. The Bertz CT molecular complexity index is 673. The lowest BCUT2D eigenvalue weighted by atomic mass is 10.2. The number of amides is 2. The Balaban J connectivity index is 5.77. The molecule has 0 saturated carbocycles. The Kier molecular flexibility index (Phi) is 12.3. The molecule has 0 aromatic carbocycles. The van der Waals surface area contributed by atoms with Crippen molar-refractivity contribution in [3.8, 4) is 0 Å². The first kappa shape index (κ1) is 31.4. The summed E-state index contributed by atoms with van der Waals surface area (Å²) in [5, 5.41) is 5.05. The number of methoxy groups -OCH3 is 2. The van der Waals surface area contributed by atoms with Crippen LogP contribution in [0.1, 0.15) is 68.2 Å². The highest BCUT2D eigenvalue weighted by atomic mass is 16.7. The van der Waals surface area contributed by atoms with Crippen molar-refractivity contribution in [2.75, 3.05) is 20.8 Å². The van der Waals surface area contributed by atoms with Crippen LogP contribution >= 0.6 is 0 Å². The van der Waals surface area contributed by atoms with Crippen molar-refractivity contribution in [3.63, 3.8) is 0 Å². The van der Waals surface area contributed by atoms with Gasteiger partial charge in [0.15, 0.2) is 12.2 Å². The van der Waals surface area contributed by atoms with E-state index in [1.807, 2.05) is 0 Å². The highest BCUT2D eigenvalue weighted by molar-refractivity contribution is 5.75. The maximum absolute atomic E-state index is 12.6. The highest BCUT2D eigenvalue weighted by Gasteiger charge is 2.42. The topological polar surface area (TPSA) is 148 Å². The highest BCUT2D eigenvalue weighted by Crippen LogP contribution is 2.24. The minimum absolute atomic E-state index is 0.0926. The van der Waals surface area contributed by atoms with Crippen LogP contribution in [0.5, 0.6) is 0 Å². The number of hydrogen-bond donors (Lipinski definition) is 2. The molecular formula is C22H40N2O10. The Hall–Kier alpha value is -2.60. The van der Waals surface area contributed by atoms with E-state index in [2.05, 4.69) is 10.6 Å². The number of esters is 2. The fraction of sp³-hybridized carbons (Fsp3) is 0.818. The van der Waals surface area contributed by atoms with E-state index in [4.69, 9.17) is 28.4 Å². The van der Waals surface area contributed by atoms with Gasteiger partial charge in [-0.25, -0.2) is 19.2 Å². The van der Waals surface area contributed by atoms with E-state index in [9.17, 15) is 19.2 Å². The van der Waals surface area contributed by atoms with E-state index in [0.717, 1.165) is 0 Å². The molecule has 0 spiro atoms. The van der Waals surface area contributed by atoms with Crippen molar-refractivity contribution in [2.45, 2.75) is 97.6 Å². The van der Waals surface area contributed by atoms with E-state index >= 15 is 0 Å². The number of carbonyl (C=O) groups excluding carboxylic acids is 4. The van der Waals surface area contributed by atoms with Crippen LogP contribution in [0.25, 0.3) is 0 Å². The molecule has 0 saturated heterocycles. The number of hydrogen-bond acceptors (Lipinski definition) is 10. The summed E-state index contributed by atoms with van der Waals surface area (Å²) in [7, 11) is 2.35. The van der Waals surface area contributed by atoms with Gasteiger partial charge < -0.3 is 33.7 Å². The quantitative estimate of drug-likeness (QED) is 0.191. The fourth-order valence-electron chi connectivity index (χ4n) is 2.55. The monoisotopic (exact) mass is 492 g/mol. The Morgan fingerprint density at radius 3 is 1.53 bits per heavy atom. The van der Waals surface area contributed by atoms with Crippen molar-refractivity contribution < 1.29 is 47.6 Å². The molecule has 2 amide bonds. The number of rotatable bonds is 11. The Labute approximate surface area is 201 Å². The van der Waals surface area contributed by atoms with Gasteiger partial charge in [-0.05, 0) is 61.8 Å². The maximum atomic E-state index is 12.6. The standard InChI is InChI=1S/C22H40N2O10/c1-14(16(25)29-9)31-22(32-15(2)17(26)30-10,24-19(28)34-21(6,7)8)12-11-13-23-18(27)33-20(3,4)5/h14-15H,11-13H2,1-10H3,(H,23,27)(H,24,28). The average Bonchev–Trinajstić information content (AvgIpc) is 2.66. The van der Waals surface area contributed by atoms with E-state index in [0.29, 0.717) is 0 Å². The van der Waals surface area contributed by atoms with Gasteiger partial charge in [-0.2, -0.15) is 0 Å². The minimum Gasteiger partial charge on any atom is -0.467 e. The molecule has 2 N–H and O–H groups in total. The Morgan fingerprint density at radius 2 is 1.15 bits per heavy atom. The van der Waals surface area contributed by atoms with Crippen LogP contribution in [0.2, 0.25) is 0 Å². The maximum Gasteiger partial charge on any atom is 0.411 e. The van der Waals surface area contributed by atoms with Crippen molar-refractivity contribution in [1.29, 1.82) is 0 Å². The van der Waals surface area contributed by atoms with Crippen molar-refractivity contribution in [2.24, 2.45) is 0 Å². The molecule has 12 nitrogen and oxygen atoms in total. The molecule has 0 heterocycles. The minimum atomic E-state index is -2.00. The third-order valence-corrected chi connectivity index (χ3v) is 3.84. The number of nitrogens with one attached hydrogen (secondary N) is 2. The molecule has 12 heteroatoms. The molecule has 2 atom stereocenters. The van der Waals surface area contributed by atoms with Crippen molar-refractivity contribution >= 4 is 24.1 Å². The smallest absolute Gasteiger partial charge is 0.411 e. The van der Waals surface area contributed by atoms with Crippen molar-refractivity contribution in [3.05, 3.63) is 0 Å². The first-order valence-corrected chi connectivity index (χ1v) is 10.9. The summed E-state index contributed by atoms with van der Waals surface area (Å²) in [4.78, 5) is 48.6. The first-order valence-electron chi connectivity index (χ1n) is 10.9. The normalized spacial score (nSPS) is 15.2. The summed E-state index contributed by atoms with van der Waals surface area (Å²) in [5.74, 6) is -3.48. The molecule has 0 radical (unpaired) electrons. The molecule has 2 unspecified atom stereocenters. The van der Waals surface area contributed by atoms with Gasteiger partial charge >= 0.3 is 24.1 Å². The lowest BCUT2D eigenvalue weighted by molar-refractivity contribution is -0.288. The molecule has 198 valence electrons. The average molecular weight is 493 g/mol. The van der Waals surface area contributed by atoms with E-state index in [-0.39, 0.29) is 19.4 Å². The molecule has 0 bridgehead atoms.